The summed E-state index contributed by atoms with van der Waals surface area (Å²) in [6, 6.07) is 0. The van der Waals surface area contributed by atoms with Crippen molar-refractivity contribution in [2.45, 2.75) is 25.7 Å². The van der Waals surface area contributed by atoms with Crippen molar-refractivity contribution in [3.8, 4) is 0 Å². The summed E-state index contributed by atoms with van der Waals surface area (Å²) in [4.78, 5) is 75.4. The maximum atomic E-state index is 9.43. The molecule has 17 nitrogen and oxygen atoms in total. The van der Waals surface area contributed by atoms with Crippen LogP contribution in [0.4, 0.5) is 0 Å². The molecule has 0 aliphatic heterocycles. The maximum Gasteiger partial charge on any atom is 0.314 e. The minimum Gasteiger partial charge on any atom is -0.481 e. The van der Waals surface area contributed by atoms with Gasteiger partial charge in [-0.2, -0.15) is 0 Å². The van der Waals surface area contributed by atoms with E-state index in [2.05, 4.69) is 0 Å². The molecule has 19 heteroatoms. The molecular weight excluding hydrogens is 607 g/mol. The van der Waals surface area contributed by atoms with Gasteiger partial charge < -0.3 is 46.3 Å². The summed E-state index contributed by atoms with van der Waals surface area (Å²) in [7, 11) is 0. The van der Waals surface area contributed by atoms with E-state index in [0.717, 1.165) is 0 Å². The maximum absolute atomic E-state index is 9.43. The summed E-state index contributed by atoms with van der Waals surface area (Å²) in [5, 5.41) is 61.6. The van der Waals surface area contributed by atoms with Crippen molar-refractivity contribution < 1.29 is 145 Å². The molecule has 0 aromatic carbocycles. The van der Waals surface area contributed by atoms with E-state index in [1.54, 1.807) is 0 Å². The van der Waals surface area contributed by atoms with Gasteiger partial charge in [-0.05, 0) is 0 Å². The SMILES string of the molecule is O.O=C(O)CC(=O)O.O=C(O)CC(=O)O.O=C(O)CC(=O)O.O=C(O)CC(=O)O.[Ce].[V]. The Morgan fingerprint density at radius 1 is 0.355 bits per heavy atom. The van der Waals surface area contributed by atoms with Gasteiger partial charge in [-0.3, -0.25) is 38.4 Å². The minimum absolute atomic E-state index is 0. The Morgan fingerprint density at radius 3 is 0.419 bits per heavy atom. The number of hydrogen-bond donors (Lipinski definition) is 8. The normalized spacial score (nSPS) is 7.23. The van der Waals surface area contributed by atoms with Gasteiger partial charge >= 0.3 is 47.8 Å². The van der Waals surface area contributed by atoms with Crippen molar-refractivity contribution in [1.82, 2.24) is 0 Å². The number of aliphatic carboxylic acids is 8. The smallest absolute Gasteiger partial charge is 0.314 e. The first-order valence-corrected chi connectivity index (χ1v) is 6.25. The first-order chi connectivity index (χ1) is 12.5. The molecule has 1 radical (unpaired) electrons. The van der Waals surface area contributed by atoms with Crippen LogP contribution in [0.15, 0.2) is 0 Å². The van der Waals surface area contributed by atoms with Crippen molar-refractivity contribution >= 4 is 47.8 Å². The summed E-state index contributed by atoms with van der Waals surface area (Å²) in [6.07, 6.45) is -3.22. The average molecular weight is 625 g/mol. The van der Waals surface area contributed by atoms with Crippen LogP contribution in [0.1, 0.15) is 25.7 Å². The fraction of sp³-hybridized carbons (Fsp3) is 0.333. The van der Waals surface area contributed by atoms with Crippen molar-refractivity contribution in [1.29, 1.82) is 0 Å². The molecule has 0 aliphatic carbocycles. The molecule has 0 aliphatic rings. The Labute approximate surface area is 217 Å². The second kappa shape index (κ2) is 29.9. The van der Waals surface area contributed by atoms with E-state index in [1.165, 1.54) is 0 Å². The molecule has 177 valence electrons. The zero-order chi connectivity index (χ0) is 23.4. The third-order valence-corrected chi connectivity index (χ3v) is 1.21. The molecule has 0 aromatic rings. The summed E-state index contributed by atoms with van der Waals surface area (Å²) >= 11 is 0. The zero-order valence-corrected chi connectivity index (χ0v) is 19.7. The van der Waals surface area contributed by atoms with Gasteiger partial charge in [0.1, 0.15) is 25.7 Å². The van der Waals surface area contributed by atoms with Gasteiger partial charge in [0.2, 0.25) is 0 Å². The molecule has 0 unspecified atom stereocenters. The molecule has 0 saturated heterocycles. The Hall–Kier alpha value is -2.32. The van der Waals surface area contributed by atoms with Crippen LogP contribution >= 0.6 is 0 Å². The standard InChI is InChI=1S/4C3H4O4.Ce.H2O.V/c4*4-2(5)1-3(6)7;;;/h4*1H2,(H,4,5)(H,6,7);;1H2;. The molecule has 10 N–H and O–H groups in total. The van der Waals surface area contributed by atoms with E-state index in [0.29, 0.717) is 0 Å². The van der Waals surface area contributed by atoms with Crippen LogP contribution in [0.3, 0.4) is 0 Å². The second-order valence-electron chi connectivity index (χ2n) is 3.86. The minimum atomic E-state index is -1.31. The van der Waals surface area contributed by atoms with E-state index in [4.69, 9.17) is 40.9 Å². The molecule has 0 bridgehead atoms. The van der Waals surface area contributed by atoms with Crippen molar-refractivity contribution in [3.63, 3.8) is 0 Å². The fourth-order valence-electron chi connectivity index (χ4n) is 0.517. The van der Waals surface area contributed by atoms with Gasteiger partial charge in [0.05, 0.1) is 0 Å². The number of rotatable bonds is 8. The molecule has 31 heavy (non-hydrogen) atoms. The van der Waals surface area contributed by atoms with Crippen LogP contribution in [-0.4, -0.2) is 94.1 Å². The van der Waals surface area contributed by atoms with Crippen LogP contribution in [0.25, 0.3) is 0 Å². The third kappa shape index (κ3) is 97.5. The van der Waals surface area contributed by atoms with Gasteiger partial charge in [0, 0.05) is 60.3 Å². The van der Waals surface area contributed by atoms with Gasteiger partial charge in [0.25, 0.3) is 0 Å². The number of carboxylic acid groups (broad SMARTS) is 8. The molecule has 0 atom stereocenters. The van der Waals surface area contributed by atoms with Crippen LogP contribution < -0.4 is 0 Å². The van der Waals surface area contributed by atoms with Crippen molar-refractivity contribution in [2.24, 2.45) is 0 Å². The largest absolute Gasteiger partial charge is 0.481 e. The summed E-state index contributed by atoms with van der Waals surface area (Å²) < 4.78 is 0. The molecular formula is C12H18CeO17V. The Kier molecular flexibility index (Phi) is 45.1. The van der Waals surface area contributed by atoms with E-state index < -0.39 is 73.4 Å². The summed E-state index contributed by atoms with van der Waals surface area (Å²) in [6.45, 7) is 0. The number of carbonyl (C=O) groups is 8. The van der Waals surface area contributed by atoms with E-state index in [9.17, 15) is 38.4 Å². The van der Waals surface area contributed by atoms with Gasteiger partial charge in [-0.25, -0.2) is 0 Å². The predicted molar refractivity (Wildman–Crippen MR) is 83.2 cm³/mol. The number of hydrogen-bond acceptors (Lipinski definition) is 8. The topological polar surface area (TPSA) is 330 Å². The second-order valence-corrected chi connectivity index (χ2v) is 3.86. The summed E-state index contributed by atoms with van der Waals surface area (Å²) in [5.74, 6) is -10.5. The van der Waals surface area contributed by atoms with E-state index >= 15 is 0 Å². The third-order valence-electron chi connectivity index (χ3n) is 1.21. The molecule has 0 aromatic heterocycles. The van der Waals surface area contributed by atoms with Crippen molar-refractivity contribution in [3.05, 3.63) is 0 Å². The van der Waals surface area contributed by atoms with Gasteiger partial charge in [-0.1, -0.05) is 0 Å². The van der Waals surface area contributed by atoms with E-state index in [-0.39, 0.29) is 65.8 Å². The Bertz CT molecular complexity index is 450. The van der Waals surface area contributed by atoms with Gasteiger partial charge in [0.15, 0.2) is 0 Å². The summed E-state index contributed by atoms with van der Waals surface area (Å²) in [5.41, 5.74) is 0. The van der Waals surface area contributed by atoms with Crippen LogP contribution in [0.5, 0.6) is 0 Å². The first kappa shape index (κ1) is 46.8. The molecule has 0 amide bonds. The van der Waals surface area contributed by atoms with Crippen LogP contribution in [-0.2, 0) is 56.9 Å². The Balaban J connectivity index is -0.0000000480. The Morgan fingerprint density at radius 2 is 0.419 bits per heavy atom. The van der Waals surface area contributed by atoms with Crippen molar-refractivity contribution in [2.75, 3.05) is 0 Å². The monoisotopic (exact) mass is 625 g/mol. The number of carboxylic acids is 8. The fourth-order valence-corrected chi connectivity index (χ4v) is 0.517. The van der Waals surface area contributed by atoms with E-state index in [1.807, 2.05) is 0 Å². The molecule has 0 heterocycles. The molecule has 0 spiro atoms. The zero-order valence-electron chi connectivity index (χ0n) is 15.1. The molecule has 0 saturated carbocycles. The predicted octanol–water partition coefficient (Wildman–Crippen LogP) is -2.64. The van der Waals surface area contributed by atoms with Crippen LogP contribution in [0, 0.1) is 41.7 Å². The molecule has 0 fully saturated rings. The average Bonchev–Trinajstić information content (AvgIpc) is 2.32. The van der Waals surface area contributed by atoms with Gasteiger partial charge in [-0.15, -0.1) is 0 Å². The van der Waals surface area contributed by atoms with Crippen LogP contribution in [0.2, 0.25) is 0 Å². The first-order valence-electron chi connectivity index (χ1n) is 6.25. The quantitative estimate of drug-likeness (QED) is 0.128. The molecule has 0 rings (SSSR count).